The first-order chi connectivity index (χ1) is 15.2. The van der Waals surface area contributed by atoms with E-state index in [-0.39, 0.29) is 18.3 Å². The number of hydrogen-bond donors (Lipinski definition) is 0. The number of benzene rings is 2. The number of fused-ring (bicyclic) bond motifs is 1. The third kappa shape index (κ3) is 5.05. The van der Waals surface area contributed by atoms with Gasteiger partial charge in [0.25, 0.3) is 0 Å². The Labute approximate surface area is 185 Å². The SMILES string of the molecule is CCCc1ccc2cc(C3COC(COc4cc(F)c(C(F)(F)F)c(F)c4)OC3)sc2c1. The molecule has 1 fully saturated rings. The van der Waals surface area contributed by atoms with E-state index in [1.54, 1.807) is 11.3 Å². The molecule has 0 unspecified atom stereocenters. The molecule has 0 spiro atoms. The molecule has 2 aromatic carbocycles. The maximum atomic E-state index is 13.7. The fourth-order valence-corrected chi connectivity index (χ4v) is 4.81. The van der Waals surface area contributed by atoms with Gasteiger partial charge in [0.2, 0.25) is 0 Å². The van der Waals surface area contributed by atoms with Crippen LogP contribution in [0.1, 0.15) is 35.3 Å². The first-order valence-corrected chi connectivity index (χ1v) is 11.0. The fraction of sp³-hybridized carbons (Fsp3) is 0.391. The molecule has 0 radical (unpaired) electrons. The van der Waals surface area contributed by atoms with Crippen molar-refractivity contribution in [3.05, 3.63) is 64.0 Å². The summed E-state index contributed by atoms with van der Waals surface area (Å²) in [5, 5.41) is 1.17. The van der Waals surface area contributed by atoms with Crippen LogP contribution in [0.15, 0.2) is 36.4 Å². The van der Waals surface area contributed by atoms with Crippen LogP contribution in [-0.2, 0) is 22.1 Å². The number of thiophene rings is 1. The number of hydrogen-bond acceptors (Lipinski definition) is 4. The minimum Gasteiger partial charge on any atom is -0.488 e. The van der Waals surface area contributed by atoms with Gasteiger partial charge in [-0.05, 0) is 29.5 Å². The monoisotopic (exact) mass is 472 g/mol. The maximum absolute atomic E-state index is 13.7. The van der Waals surface area contributed by atoms with Gasteiger partial charge in [-0.1, -0.05) is 25.5 Å². The Hall–Kier alpha value is -2.23. The molecule has 1 saturated heterocycles. The Morgan fingerprint density at radius 1 is 1.03 bits per heavy atom. The highest BCUT2D eigenvalue weighted by atomic mass is 32.1. The van der Waals surface area contributed by atoms with E-state index in [1.165, 1.54) is 15.6 Å². The van der Waals surface area contributed by atoms with Gasteiger partial charge >= 0.3 is 6.18 Å². The fourth-order valence-electron chi connectivity index (χ4n) is 3.61. The molecule has 1 aliphatic heterocycles. The highest BCUT2D eigenvalue weighted by Crippen LogP contribution is 2.36. The van der Waals surface area contributed by atoms with Gasteiger partial charge in [0.1, 0.15) is 29.6 Å². The molecule has 0 amide bonds. The van der Waals surface area contributed by atoms with Crippen LogP contribution in [0.4, 0.5) is 22.0 Å². The summed E-state index contributed by atoms with van der Waals surface area (Å²) in [5.41, 5.74) is -0.638. The van der Waals surface area contributed by atoms with Crippen molar-refractivity contribution >= 4 is 21.4 Å². The average molecular weight is 472 g/mol. The summed E-state index contributed by atoms with van der Waals surface area (Å²) in [7, 11) is 0. The summed E-state index contributed by atoms with van der Waals surface area (Å²) < 4.78 is 83.0. The minimum absolute atomic E-state index is 0.0410. The first kappa shape index (κ1) is 22.9. The normalized spacial score (nSPS) is 19.4. The third-order valence-electron chi connectivity index (χ3n) is 5.20. The van der Waals surface area contributed by atoms with Gasteiger partial charge < -0.3 is 14.2 Å². The van der Waals surface area contributed by atoms with E-state index >= 15 is 0 Å². The number of halogens is 5. The molecular formula is C23H21F5O3S. The summed E-state index contributed by atoms with van der Waals surface area (Å²) in [6, 6.07) is 9.58. The lowest BCUT2D eigenvalue weighted by Gasteiger charge is -2.28. The predicted molar refractivity (Wildman–Crippen MR) is 111 cm³/mol. The molecule has 0 bridgehead atoms. The van der Waals surface area contributed by atoms with Crippen LogP contribution in [0.25, 0.3) is 10.1 Å². The van der Waals surface area contributed by atoms with Crippen LogP contribution >= 0.6 is 11.3 Å². The lowest BCUT2D eigenvalue weighted by atomic mass is 10.1. The van der Waals surface area contributed by atoms with Crippen molar-refractivity contribution in [3.63, 3.8) is 0 Å². The van der Waals surface area contributed by atoms with Crippen molar-refractivity contribution in [2.45, 2.75) is 38.1 Å². The van der Waals surface area contributed by atoms with Gasteiger partial charge in [-0.15, -0.1) is 11.3 Å². The van der Waals surface area contributed by atoms with Gasteiger partial charge in [-0.2, -0.15) is 13.2 Å². The maximum Gasteiger partial charge on any atom is 0.422 e. The molecule has 0 saturated carbocycles. The zero-order valence-electron chi connectivity index (χ0n) is 17.2. The van der Waals surface area contributed by atoms with Gasteiger partial charge in [0, 0.05) is 27.6 Å². The largest absolute Gasteiger partial charge is 0.488 e. The second kappa shape index (κ2) is 9.33. The molecule has 3 aromatic rings. The lowest BCUT2D eigenvalue weighted by molar-refractivity contribution is -0.198. The van der Waals surface area contributed by atoms with E-state index in [4.69, 9.17) is 14.2 Å². The molecule has 3 nitrogen and oxygen atoms in total. The Balaban J connectivity index is 1.34. The summed E-state index contributed by atoms with van der Waals surface area (Å²) in [4.78, 5) is 1.14. The zero-order chi connectivity index (χ0) is 22.9. The van der Waals surface area contributed by atoms with Crippen molar-refractivity contribution in [1.82, 2.24) is 0 Å². The molecule has 9 heteroatoms. The highest BCUT2D eigenvalue weighted by Gasteiger charge is 2.38. The van der Waals surface area contributed by atoms with Crippen LogP contribution in [0.3, 0.4) is 0 Å². The Bertz CT molecular complexity index is 1060. The van der Waals surface area contributed by atoms with Gasteiger partial charge in [0.15, 0.2) is 6.29 Å². The molecule has 32 heavy (non-hydrogen) atoms. The van der Waals surface area contributed by atoms with Crippen LogP contribution in [-0.4, -0.2) is 26.1 Å². The van der Waals surface area contributed by atoms with Crippen molar-refractivity contribution < 1.29 is 36.2 Å². The highest BCUT2D eigenvalue weighted by molar-refractivity contribution is 7.19. The van der Waals surface area contributed by atoms with Gasteiger partial charge in [0.05, 0.1) is 13.2 Å². The molecule has 4 rings (SSSR count). The first-order valence-electron chi connectivity index (χ1n) is 10.2. The summed E-state index contributed by atoms with van der Waals surface area (Å²) in [6.45, 7) is 2.69. The smallest absolute Gasteiger partial charge is 0.422 e. The molecule has 0 N–H and O–H groups in total. The third-order valence-corrected chi connectivity index (χ3v) is 6.46. The van der Waals surface area contributed by atoms with E-state index in [1.807, 2.05) is 0 Å². The summed E-state index contributed by atoms with van der Waals surface area (Å²) in [6.07, 6.45) is -3.79. The van der Waals surface area contributed by atoms with Crippen LogP contribution < -0.4 is 4.74 Å². The van der Waals surface area contributed by atoms with Crippen LogP contribution in [0, 0.1) is 11.6 Å². The predicted octanol–water partition coefficient (Wildman–Crippen LogP) is 6.69. The van der Waals surface area contributed by atoms with Crippen LogP contribution in [0.5, 0.6) is 5.75 Å². The van der Waals surface area contributed by atoms with Crippen molar-refractivity contribution in [2.24, 2.45) is 0 Å². The van der Waals surface area contributed by atoms with E-state index in [9.17, 15) is 22.0 Å². The van der Waals surface area contributed by atoms with Gasteiger partial charge in [-0.3, -0.25) is 0 Å². The van der Waals surface area contributed by atoms with Crippen molar-refractivity contribution in [2.75, 3.05) is 19.8 Å². The van der Waals surface area contributed by atoms with E-state index in [0.717, 1.165) is 17.7 Å². The standard InChI is InChI=1S/C23H21F5O3S/c1-2-3-13-4-5-14-7-20(32-19(14)6-13)15-10-30-21(31-11-15)12-29-16-8-17(24)22(18(25)9-16)23(26,27)28/h4-9,15,21H,2-3,10-12H2,1H3. The van der Waals surface area contributed by atoms with E-state index in [2.05, 4.69) is 31.2 Å². The molecule has 172 valence electrons. The lowest BCUT2D eigenvalue weighted by Crippen LogP contribution is -2.34. The van der Waals surface area contributed by atoms with E-state index < -0.39 is 29.7 Å². The summed E-state index contributed by atoms with van der Waals surface area (Å²) in [5.74, 6) is -3.79. The number of alkyl halides is 3. The number of aryl methyl sites for hydroxylation is 1. The molecule has 1 aromatic heterocycles. The topological polar surface area (TPSA) is 27.7 Å². The van der Waals surface area contributed by atoms with Crippen LogP contribution in [0.2, 0.25) is 0 Å². The van der Waals surface area contributed by atoms with Crippen molar-refractivity contribution in [3.8, 4) is 5.75 Å². The average Bonchev–Trinajstić information content (AvgIpc) is 3.15. The summed E-state index contributed by atoms with van der Waals surface area (Å²) >= 11 is 1.70. The Morgan fingerprint density at radius 3 is 2.34 bits per heavy atom. The second-order valence-electron chi connectivity index (χ2n) is 7.63. The molecule has 1 aliphatic rings. The molecule has 0 atom stereocenters. The molecule has 2 heterocycles. The number of rotatable bonds is 6. The van der Waals surface area contributed by atoms with Gasteiger partial charge in [-0.25, -0.2) is 8.78 Å². The van der Waals surface area contributed by atoms with E-state index in [0.29, 0.717) is 25.3 Å². The Morgan fingerprint density at radius 2 is 1.72 bits per heavy atom. The zero-order valence-corrected chi connectivity index (χ0v) is 18.0. The number of ether oxygens (including phenoxy) is 3. The minimum atomic E-state index is -5.12. The quantitative estimate of drug-likeness (QED) is 0.374. The molecular weight excluding hydrogens is 451 g/mol. The molecule has 0 aliphatic carbocycles. The van der Waals surface area contributed by atoms with Crippen molar-refractivity contribution in [1.29, 1.82) is 0 Å². The second-order valence-corrected chi connectivity index (χ2v) is 8.75. The Kier molecular flexibility index (Phi) is 6.69.